The molecule has 0 unspecified atom stereocenters. The predicted molar refractivity (Wildman–Crippen MR) is 134 cm³/mol. The highest BCUT2D eigenvalue weighted by molar-refractivity contribution is 8.05. The zero-order chi connectivity index (χ0) is 25.9. The third kappa shape index (κ3) is 6.44. The molecule has 0 atom stereocenters. The molecule has 1 aliphatic rings. The summed E-state index contributed by atoms with van der Waals surface area (Å²) >= 11 is 1.33. The molecule has 0 bridgehead atoms. The van der Waals surface area contributed by atoms with Crippen LogP contribution in [-0.2, 0) is 16.6 Å². The van der Waals surface area contributed by atoms with Gasteiger partial charge in [0.2, 0.25) is 10.0 Å². The third-order valence-electron chi connectivity index (χ3n) is 5.31. The lowest BCUT2D eigenvalue weighted by Gasteiger charge is -2.23. The van der Waals surface area contributed by atoms with Crippen LogP contribution in [-0.4, -0.2) is 60.4 Å². The number of allylic oxidation sites excluding steroid dienone is 1. The highest BCUT2D eigenvalue weighted by atomic mass is 32.2. The van der Waals surface area contributed by atoms with Crippen LogP contribution in [0.15, 0.2) is 44.1 Å². The van der Waals surface area contributed by atoms with Crippen molar-refractivity contribution in [2.45, 2.75) is 51.1 Å². The van der Waals surface area contributed by atoms with Crippen molar-refractivity contribution in [3.05, 3.63) is 57.6 Å². The summed E-state index contributed by atoms with van der Waals surface area (Å²) in [5, 5.41) is 5.62. The number of carbonyl (C=O) groups is 1. The van der Waals surface area contributed by atoms with Crippen LogP contribution < -0.4 is 10.5 Å². The van der Waals surface area contributed by atoms with E-state index >= 15 is 0 Å². The van der Waals surface area contributed by atoms with Gasteiger partial charge in [-0.25, -0.2) is 8.42 Å². The highest BCUT2D eigenvalue weighted by Crippen LogP contribution is 2.36. The molecule has 1 fully saturated rings. The Balaban J connectivity index is 1.77. The van der Waals surface area contributed by atoms with Crippen LogP contribution in [0.4, 0.5) is 0 Å². The number of nitrogens with zero attached hydrogens (tertiary/aromatic N) is 4. The van der Waals surface area contributed by atoms with E-state index in [9.17, 15) is 13.2 Å². The van der Waals surface area contributed by atoms with Gasteiger partial charge >= 0.3 is 11.8 Å². The molecule has 0 radical (unpaired) electrons. The number of ether oxygens (including phenoxy) is 1. The van der Waals surface area contributed by atoms with Gasteiger partial charge in [-0.2, -0.15) is 9.29 Å². The molecule has 0 aliphatic heterocycles. The van der Waals surface area contributed by atoms with E-state index in [1.807, 2.05) is 0 Å². The number of likely N-dealkylation sites (N-methyl/N-ethyl adjacent to an activating group) is 1. The van der Waals surface area contributed by atoms with Gasteiger partial charge in [0.25, 0.3) is 0 Å². The molecule has 1 heterocycles. The Morgan fingerprint density at radius 1 is 1.34 bits per heavy atom. The van der Waals surface area contributed by atoms with Gasteiger partial charge in [-0.1, -0.05) is 23.5 Å². The van der Waals surface area contributed by atoms with E-state index in [1.54, 1.807) is 45.4 Å². The maximum Gasteiger partial charge on any atom is 0.316 e. The quantitative estimate of drug-likeness (QED) is 0.473. The van der Waals surface area contributed by atoms with Gasteiger partial charge in [-0.15, -0.1) is 0 Å². The Morgan fingerprint density at radius 2 is 1.97 bits per heavy atom. The summed E-state index contributed by atoms with van der Waals surface area (Å²) in [6, 6.07) is 3.24. The molecular formula is C23H31N5O5S2. The van der Waals surface area contributed by atoms with Crippen molar-refractivity contribution in [2.75, 3.05) is 20.7 Å². The number of carbonyl (C=O) groups excluding carboxylic acids is 1. The van der Waals surface area contributed by atoms with Crippen LogP contribution in [0.25, 0.3) is 0 Å². The lowest BCUT2D eigenvalue weighted by molar-refractivity contribution is 0.0760. The SMILES string of the molecule is C=C(CN(C)C(=O)c1nc(CN(C2CC2)S(=O)(=O)c2c(C)cc(OC)cc2C)no1)S/C=C(/C)N. The van der Waals surface area contributed by atoms with Gasteiger partial charge in [0.1, 0.15) is 5.75 Å². The zero-order valence-corrected chi connectivity index (χ0v) is 22.2. The van der Waals surface area contributed by atoms with Crippen molar-refractivity contribution in [3.8, 4) is 5.75 Å². The number of sulfonamides is 1. The van der Waals surface area contributed by atoms with Crippen molar-refractivity contribution in [1.82, 2.24) is 19.3 Å². The molecule has 3 rings (SSSR count). The molecule has 2 N–H and O–H groups in total. The van der Waals surface area contributed by atoms with Crippen molar-refractivity contribution in [3.63, 3.8) is 0 Å². The molecule has 12 heteroatoms. The number of thioether (sulfide) groups is 1. The van der Waals surface area contributed by atoms with Gasteiger partial charge in [0, 0.05) is 23.7 Å². The number of nitrogens with two attached hydrogens (primary N) is 1. The highest BCUT2D eigenvalue weighted by Gasteiger charge is 2.40. The van der Waals surface area contributed by atoms with Crippen LogP contribution in [0.1, 0.15) is 47.4 Å². The summed E-state index contributed by atoms with van der Waals surface area (Å²) in [5.41, 5.74) is 7.45. The molecule has 1 aromatic carbocycles. The van der Waals surface area contributed by atoms with Gasteiger partial charge in [-0.05, 0) is 62.3 Å². The molecule has 1 aromatic heterocycles. The number of aryl methyl sites for hydroxylation is 2. The van der Waals surface area contributed by atoms with Crippen LogP contribution in [0.5, 0.6) is 5.75 Å². The number of methoxy groups -OCH3 is 1. The third-order valence-corrected chi connectivity index (χ3v) is 8.47. The molecule has 190 valence electrons. The average Bonchev–Trinajstić information content (AvgIpc) is 3.51. The fourth-order valence-corrected chi connectivity index (χ4v) is 6.26. The van der Waals surface area contributed by atoms with Gasteiger partial charge in [0.15, 0.2) is 5.82 Å². The molecule has 1 aliphatic carbocycles. The number of hydrogen-bond donors (Lipinski definition) is 1. The zero-order valence-electron chi connectivity index (χ0n) is 20.6. The van der Waals surface area contributed by atoms with Crippen LogP contribution in [0.2, 0.25) is 0 Å². The fraction of sp³-hybridized carbons (Fsp3) is 0.435. The largest absolute Gasteiger partial charge is 0.497 e. The summed E-state index contributed by atoms with van der Waals surface area (Å²) in [6.07, 6.45) is 1.49. The molecule has 1 amide bonds. The minimum Gasteiger partial charge on any atom is -0.497 e. The standard InChI is InChI=1S/C23H31N5O5S2/c1-14-9-19(32-6)10-15(2)21(14)35(30,31)28(18-7-8-18)12-20-25-22(33-26-20)23(29)27(5)11-17(4)34-13-16(3)24/h9-10,13,18H,4,7-8,11-12,24H2,1-3,5-6H3/b16-13-. The summed E-state index contributed by atoms with van der Waals surface area (Å²) in [4.78, 5) is 19.2. The summed E-state index contributed by atoms with van der Waals surface area (Å²) in [6.45, 7) is 9.32. The smallest absolute Gasteiger partial charge is 0.316 e. The summed E-state index contributed by atoms with van der Waals surface area (Å²) < 4.78 is 39.1. The summed E-state index contributed by atoms with van der Waals surface area (Å²) in [7, 11) is -0.718. The second kappa shape index (κ2) is 10.8. The molecule has 0 saturated heterocycles. The van der Waals surface area contributed by atoms with E-state index in [1.165, 1.54) is 28.1 Å². The Labute approximate surface area is 210 Å². The normalized spacial score (nSPS) is 14.3. The minimum absolute atomic E-state index is 0.0957. The molecule has 2 aromatic rings. The van der Waals surface area contributed by atoms with E-state index in [4.69, 9.17) is 15.0 Å². The first-order valence-electron chi connectivity index (χ1n) is 11.0. The maximum atomic E-state index is 13.6. The Hall–Kier alpha value is -2.83. The number of rotatable bonds is 11. The predicted octanol–water partition coefficient (Wildman–Crippen LogP) is 3.19. The van der Waals surface area contributed by atoms with Crippen molar-refractivity contribution in [1.29, 1.82) is 0 Å². The first-order valence-corrected chi connectivity index (χ1v) is 13.3. The number of amides is 1. The second-order valence-corrected chi connectivity index (χ2v) is 11.4. The van der Waals surface area contributed by atoms with Crippen LogP contribution >= 0.6 is 11.8 Å². The van der Waals surface area contributed by atoms with E-state index < -0.39 is 15.9 Å². The number of aromatic nitrogens is 2. The van der Waals surface area contributed by atoms with E-state index in [-0.39, 0.29) is 35.7 Å². The molecule has 0 spiro atoms. The summed E-state index contributed by atoms with van der Waals surface area (Å²) in [5.74, 6) is 0.0194. The van der Waals surface area contributed by atoms with Crippen LogP contribution in [0, 0.1) is 13.8 Å². The topological polar surface area (TPSA) is 132 Å². The lowest BCUT2D eigenvalue weighted by atomic mass is 10.1. The van der Waals surface area contributed by atoms with E-state index in [0.29, 0.717) is 27.5 Å². The van der Waals surface area contributed by atoms with Gasteiger partial charge in [-0.3, -0.25) is 4.79 Å². The van der Waals surface area contributed by atoms with E-state index in [2.05, 4.69) is 16.7 Å². The van der Waals surface area contributed by atoms with Crippen molar-refractivity contribution < 1.29 is 22.5 Å². The van der Waals surface area contributed by atoms with Crippen molar-refractivity contribution in [2.24, 2.45) is 5.73 Å². The van der Waals surface area contributed by atoms with Crippen molar-refractivity contribution >= 4 is 27.7 Å². The first kappa shape index (κ1) is 26.8. The average molecular weight is 522 g/mol. The minimum atomic E-state index is -3.85. The van der Waals surface area contributed by atoms with Crippen LogP contribution in [0.3, 0.4) is 0 Å². The van der Waals surface area contributed by atoms with E-state index in [0.717, 1.165) is 12.8 Å². The second-order valence-electron chi connectivity index (χ2n) is 8.57. The fourth-order valence-electron chi connectivity index (χ4n) is 3.58. The maximum absolute atomic E-state index is 13.6. The lowest BCUT2D eigenvalue weighted by Crippen LogP contribution is -2.34. The Kier molecular flexibility index (Phi) is 8.29. The van der Waals surface area contributed by atoms with Gasteiger partial charge in [0.05, 0.1) is 25.1 Å². The Morgan fingerprint density at radius 3 is 2.51 bits per heavy atom. The molecule has 10 nitrogen and oxygen atoms in total. The van der Waals surface area contributed by atoms with Gasteiger partial charge < -0.3 is 19.9 Å². The molecule has 35 heavy (non-hydrogen) atoms. The Bertz CT molecular complexity index is 1220. The number of benzene rings is 1. The molecule has 1 saturated carbocycles. The number of hydrogen-bond acceptors (Lipinski definition) is 9. The molecular weight excluding hydrogens is 490 g/mol. The monoisotopic (exact) mass is 521 g/mol. The first-order chi connectivity index (χ1) is 16.4.